The van der Waals surface area contributed by atoms with Crippen LogP contribution in [0.5, 0.6) is 0 Å². The third-order valence-corrected chi connectivity index (χ3v) is 10.1. The van der Waals surface area contributed by atoms with Crippen LogP contribution in [0, 0.1) is 0 Å². The van der Waals surface area contributed by atoms with Crippen molar-refractivity contribution in [3.05, 3.63) is 133 Å². The minimum absolute atomic E-state index is 0.823. The number of hydrogen-bond donors (Lipinski definition) is 1. The summed E-state index contributed by atoms with van der Waals surface area (Å²) in [5.74, 6) is 0. The second kappa shape index (κ2) is 8.89. The molecule has 0 amide bonds. The molecule has 0 saturated carbocycles. The van der Waals surface area contributed by atoms with E-state index in [4.69, 9.17) is 12.6 Å². The fourth-order valence-corrected chi connectivity index (χ4v) is 8.19. The highest BCUT2D eigenvalue weighted by atomic mass is 32.1. The molecule has 168 valence electrons. The molecule has 0 aromatic heterocycles. The van der Waals surface area contributed by atoms with Crippen molar-refractivity contribution >= 4 is 57.2 Å². The Labute approximate surface area is 210 Å². The number of benzene rings is 6. The molecule has 1 nitrogen and oxygen atoms in total. The van der Waals surface area contributed by atoms with Gasteiger partial charge in [-0.2, -0.15) is 0 Å². The Hall–Kier alpha value is -3.58. The predicted molar refractivity (Wildman–Crippen MR) is 154 cm³/mol. The van der Waals surface area contributed by atoms with Crippen LogP contribution in [0.2, 0.25) is 0 Å². The second-order valence-corrected chi connectivity index (χ2v) is 11.9. The molecular formula is C32H23OPS. The monoisotopic (exact) mass is 486 g/mol. The highest BCUT2D eigenvalue weighted by Gasteiger charge is 2.33. The lowest BCUT2D eigenvalue weighted by molar-refractivity contribution is 0.592. The number of fused-ring (bicyclic) bond motifs is 2. The van der Waals surface area contributed by atoms with Crippen molar-refractivity contribution in [1.82, 2.24) is 0 Å². The quantitative estimate of drug-likeness (QED) is 0.201. The zero-order valence-corrected chi connectivity index (χ0v) is 20.8. The minimum Gasteiger partial charge on any atom is -0.309 e. The van der Waals surface area contributed by atoms with Crippen LogP contribution < -0.4 is 15.9 Å². The van der Waals surface area contributed by atoms with Gasteiger partial charge in [0.15, 0.2) is 7.14 Å². The van der Waals surface area contributed by atoms with Gasteiger partial charge in [-0.1, -0.05) is 121 Å². The summed E-state index contributed by atoms with van der Waals surface area (Å²) in [6.45, 7) is 0. The maximum atomic E-state index is 15.5. The van der Waals surface area contributed by atoms with Crippen molar-refractivity contribution < 1.29 is 4.57 Å². The van der Waals surface area contributed by atoms with Crippen LogP contribution in [0.3, 0.4) is 0 Å². The van der Waals surface area contributed by atoms with Gasteiger partial charge in [0.1, 0.15) is 0 Å². The van der Waals surface area contributed by atoms with E-state index in [1.54, 1.807) is 0 Å². The molecule has 0 atom stereocenters. The molecule has 0 radical (unpaired) electrons. The van der Waals surface area contributed by atoms with Gasteiger partial charge in [-0.15, -0.1) is 12.6 Å². The summed E-state index contributed by atoms with van der Waals surface area (Å²) in [7, 11) is -3.22. The number of rotatable bonds is 4. The molecule has 0 saturated heterocycles. The molecule has 0 aliphatic rings. The van der Waals surface area contributed by atoms with E-state index in [0.717, 1.165) is 53.5 Å². The molecule has 0 aliphatic heterocycles. The second-order valence-electron chi connectivity index (χ2n) is 8.64. The van der Waals surface area contributed by atoms with E-state index in [2.05, 4.69) is 54.6 Å². The molecule has 6 aromatic rings. The standard InChI is InChI=1S/C32H23OPS/c33-34(25-13-3-1-4-14-25,26-15-5-2-6-16-26)29-21-19-23-11-7-9-17-27(23)31(29)32-28-18-10-8-12-24(28)20-22-30(32)35/h1-22,35H. The third kappa shape index (κ3) is 3.62. The summed E-state index contributed by atoms with van der Waals surface area (Å²) in [6, 6.07) is 44.7. The van der Waals surface area contributed by atoms with E-state index in [1.807, 2.05) is 78.9 Å². The molecule has 6 aromatic carbocycles. The van der Waals surface area contributed by atoms with Gasteiger partial charge in [-0.25, -0.2) is 0 Å². The van der Waals surface area contributed by atoms with Crippen LogP contribution in [-0.4, -0.2) is 0 Å². The van der Waals surface area contributed by atoms with E-state index >= 15 is 4.57 Å². The average Bonchev–Trinajstić information content (AvgIpc) is 2.93. The fourth-order valence-electron chi connectivity index (χ4n) is 5.01. The highest BCUT2D eigenvalue weighted by Crippen LogP contribution is 2.48. The normalized spacial score (nSPS) is 11.7. The number of thiol groups is 1. The van der Waals surface area contributed by atoms with Crippen molar-refractivity contribution in [3.8, 4) is 11.1 Å². The van der Waals surface area contributed by atoms with Gasteiger partial charge < -0.3 is 4.57 Å². The summed E-state index contributed by atoms with van der Waals surface area (Å²) in [5.41, 5.74) is 2.01. The van der Waals surface area contributed by atoms with Gasteiger partial charge in [0.05, 0.1) is 0 Å². The molecule has 0 bridgehead atoms. The summed E-state index contributed by atoms with van der Waals surface area (Å²) in [5, 5.41) is 6.90. The Balaban J connectivity index is 1.82. The van der Waals surface area contributed by atoms with Crippen LogP contribution in [0.1, 0.15) is 0 Å². The van der Waals surface area contributed by atoms with Crippen LogP contribution >= 0.6 is 19.8 Å². The van der Waals surface area contributed by atoms with Crippen molar-refractivity contribution in [1.29, 1.82) is 0 Å². The Morgan fingerprint density at radius 2 is 0.914 bits per heavy atom. The summed E-state index contributed by atoms with van der Waals surface area (Å²) < 4.78 is 15.5. The first-order valence-electron chi connectivity index (χ1n) is 11.6. The van der Waals surface area contributed by atoms with Crippen LogP contribution in [0.4, 0.5) is 0 Å². The largest absolute Gasteiger partial charge is 0.309 e. The first-order chi connectivity index (χ1) is 17.2. The maximum absolute atomic E-state index is 15.5. The Kier molecular flexibility index (Phi) is 5.57. The van der Waals surface area contributed by atoms with Crippen molar-refractivity contribution in [2.24, 2.45) is 0 Å². The first-order valence-corrected chi connectivity index (χ1v) is 13.8. The molecule has 0 aliphatic carbocycles. The van der Waals surface area contributed by atoms with E-state index < -0.39 is 7.14 Å². The lowest BCUT2D eigenvalue weighted by Gasteiger charge is -2.25. The van der Waals surface area contributed by atoms with Gasteiger partial charge in [0.25, 0.3) is 0 Å². The molecular weight excluding hydrogens is 463 g/mol. The average molecular weight is 487 g/mol. The lowest BCUT2D eigenvalue weighted by atomic mass is 9.94. The molecule has 0 unspecified atom stereocenters. The fraction of sp³-hybridized carbons (Fsp3) is 0. The predicted octanol–water partition coefficient (Wildman–Crippen LogP) is 7.59. The Bertz CT molecular complexity index is 1680. The molecule has 35 heavy (non-hydrogen) atoms. The Morgan fingerprint density at radius 3 is 1.49 bits per heavy atom. The molecule has 0 N–H and O–H groups in total. The van der Waals surface area contributed by atoms with Crippen LogP contribution in [0.25, 0.3) is 32.7 Å². The van der Waals surface area contributed by atoms with Crippen LogP contribution in [-0.2, 0) is 4.57 Å². The summed E-state index contributed by atoms with van der Waals surface area (Å²) in [6.07, 6.45) is 0. The van der Waals surface area contributed by atoms with E-state index in [-0.39, 0.29) is 0 Å². The highest BCUT2D eigenvalue weighted by molar-refractivity contribution is 7.85. The first kappa shape index (κ1) is 21.9. The maximum Gasteiger partial charge on any atom is 0.171 e. The topological polar surface area (TPSA) is 17.1 Å². The summed E-state index contributed by atoms with van der Waals surface area (Å²) >= 11 is 4.94. The minimum atomic E-state index is -3.22. The van der Waals surface area contributed by atoms with Gasteiger partial charge in [0.2, 0.25) is 0 Å². The molecule has 3 heteroatoms. The van der Waals surface area contributed by atoms with Crippen molar-refractivity contribution in [3.63, 3.8) is 0 Å². The third-order valence-electron chi connectivity index (χ3n) is 6.64. The van der Waals surface area contributed by atoms with E-state index in [0.29, 0.717) is 0 Å². The summed E-state index contributed by atoms with van der Waals surface area (Å²) in [4.78, 5) is 0.869. The van der Waals surface area contributed by atoms with Crippen molar-refractivity contribution in [2.45, 2.75) is 4.90 Å². The Morgan fingerprint density at radius 1 is 0.457 bits per heavy atom. The molecule has 0 fully saturated rings. The smallest absolute Gasteiger partial charge is 0.171 e. The SMILES string of the molecule is O=P(c1ccccc1)(c1ccccc1)c1ccc2ccccc2c1-c1c(S)ccc2ccccc12. The zero-order chi connectivity index (χ0) is 23.8. The van der Waals surface area contributed by atoms with E-state index in [1.165, 1.54) is 0 Å². The van der Waals surface area contributed by atoms with Gasteiger partial charge in [0, 0.05) is 31.9 Å². The van der Waals surface area contributed by atoms with Crippen LogP contribution in [0.15, 0.2) is 138 Å². The molecule has 6 rings (SSSR count). The van der Waals surface area contributed by atoms with Crippen molar-refractivity contribution in [2.75, 3.05) is 0 Å². The van der Waals surface area contributed by atoms with Gasteiger partial charge in [-0.3, -0.25) is 0 Å². The molecule has 0 heterocycles. The van der Waals surface area contributed by atoms with Gasteiger partial charge >= 0.3 is 0 Å². The molecule has 0 spiro atoms. The zero-order valence-electron chi connectivity index (χ0n) is 19.0. The van der Waals surface area contributed by atoms with E-state index in [9.17, 15) is 0 Å². The van der Waals surface area contributed by atoms with Gasteiger partial charge in [-0.05, 0) is 33.7 Å². The number of hydrogen-bond acceptors (Lipinski definition) is 2. The lowest BCUT2D eigenvalue weighted by Crippen LogP contribution is -2.26.